The quantitative estimate of drug-likeness (QED) is 0.830. The molecule has 0 aliphatic rings. The minimum atomic E-state index is -0.0297. The summed E-state index contributed by atoms with van der Waals surface area (Å²) in [5.74, 6) is 1.63. The van der Waals surface area contributed by atoms with Gasteiger partial charge in [0.1, 0.15) is 5.82 Å². The Labute approximate surface area is 113 Å². The van der Waals surface area contributed by atoms with Gasteiger partial charge in [-0.3, -0.25) is 4.79 Å². The van der Waals surface area contributed by atoms with Gasteiger partial charge in [-0.05, 0) is 31.7 Å². The molecule has 5 heteroatoms. The first-order chi connectivity index (χ1) is 8.60. The maximum atomic E-state index is 12.1. The molecule has 0 spiro atoms. The highest BCUT2D eigenvalue weighted by molar-refractivity contribution is 7.98. The second kappa shape index (κ2) is 7.26. The Balaban J connectivity index is 2.79. The summed E-state index contributed by atoms with van der Waals surface area (Å²) in [6, 6.07) is 3.80. The molecule has 1 rings (SSSR count). The van der Waals surface area contributed by atoms with Gasteiger partial charge in [0.15, 0.2) is 0 Å². The van der Waals surface area contributed by atoms with Gasteiger partial charge >= 0.3 is 0 Å². The number of carbonyl (C=O) groups excluding carboxylic acids is 1. The zero-order valence-electron chi connectivity index (χ0n) is 11.4. The third kappa shape index (κ3) is 4.22. The Morgan fingerprint density at radius 2 is 2.22 bits per heavy atom. The van der Waals surface area contributed by atoms with Gasteiger partial charge < -0.3 is 10.6 Å². The number of aryl methyl sites for hydroxylation is 1. The molecule has 1 atom stereocenters. The van der Waals surface area contributed by atoms with Crippen molar-refractivity contribution in [1.29, 1.82) is 0 Å². The minimum absolute atomic E-state index is 0.0297. The van der Waals surface area contributed by atoms with Crippen LogP contribution in [0.4, 0.5) is 5.82 Å². The number of carbonyl (C=O) groups is 1. The lowest BCUT2D eigenvalue weighted by atomic mass is 10.2. The summed E-state index contributed by atoms with van der Waals surface area (Å²) < 4.78 is 0. The highest BCUT2D eigenvalue weighted by atomic mass is 32.2. The van der Waals surface area contributed by atoms with Crippen molar-refractivity contribution in [3.05, 3.63) is 23.4 Å². The number of rotatable bonds is 6. The standard InChI is InChI=1S/C13H21N3OS/c1-5-11(8-18-4)16-13(17)10-6-9(2)15-12(7-10)14-3/h6-7,11H,5,8H2,1-4H3,(H,14,15)(H,16,17). The lowest BCUT2D eigenvalue weighted by Gasteiger charge is -2.16. The third-order valence-electron chi connectivity index (χ3n) is 2.67. The number of anilines is 1. The van der Waals surface area contributed by atoms with Crippen molar-refractivity contribution in [2.24, 2.45) is 0 Å². The van der Waals surface area contributed by atoms with Crippen LogP contribution in [0.3, 0.4) is 0 Å². The van der Waals surface area contributed by atoms with E-state index in [1.165, 1.54) is 0 Å². The van der Waals surface area contributed by atoms with E-state index in [1.807, 2.05) is 19.2 Å². The van der Waals surface area contributed by atoms with Crippen LogP contribution in [0.1, 0.15) is 29.4 Å². The van der Waals surface area contributed by atoms with Gasteiger partial charge in [-0.2, -0.15) is 11.8 Å². The number of pyridine rings is 1. The van der Waals surface area contributed by atoms with Crippen LogP contribution < -0.4 is 10.6 Å². The van der Waals surface area contributed by atoms with Crippen LogP contribution >= 0.6 is 11.8 Å². The van der Waals surface area contributed by atoms with E-state index in [2.05, 4.69) is 22.5 Å². The van der Waals surface area contributed by atoms with E-state index in [4.69, 9.17) is 0 Å². The van der Waals surface area contributed by atoms with E-state index in [1.54, 1.807) is 24.9 Å². The molecular formula is C13H21N3OS. The summed E-state index contributed by atoms with van der Waals surface area (Å²) in [6.45, 7) is 3.97. The maximum absolute atomic E-state index is 12.1. The Kier molecular flexibility index (Phi) is 5.98. The molecule has 0 saturated heterocycles. The molecular weight excluding hydrogens is 246 g/mol. The first kappa shape index (κ1) is 14.8. The van der Waals surface area contributed by atoms with Gasteiger partial charge in [-0.15, -0.1) is 0 Å². The van der Waals surface area contributed by atoms with Crippen LogP contribution in [-0.4, -0.2) is 36.0 Å². The molecule has 0 aromatic carbocycles. The zero-order chi connectivity index (χ0) is 13.5. The smallest absolute Gasteiger partial charge is 0.251 e. The van der Waals surface area contributed by atoms with Crippen molar-refractivity contribution in [2.45, 2.75) is 26.3 Å². The molecule has 0 aliphatic heterocycles. The molecule has 1 aromatic rings. The molecule has 0 fully saturated rings. The van der Waals surface area contributed by atoms with E-state index >= 15 is 0 Å². The van der Waals surface area contributed by atoms with Gasteiger partial charge in [-0.1, -0.05) is 6.92 Å². The summed E-state index contributed by atoms with van der Waals surface area (Å²) in [7, 11) is 1.80. The van der Waals surface area contributed by atoms with Crippen LogP contribution in [0.5, 0.6) is 0 Å². The second-order valence-electron chi connectivity index (χ2n) is 4.17. The molecule has 1 unspecified atom stereocenters. The first-order valence-electron chi connectivity index (χ1n) is 6.07. The predicted octanol–water partition coefficient (Wildman–Crippen LogP) is 2.30. The molecule has 0 bridgehead atoms. The van der Waals surface area contributed by atoms with Gasteiger partial charge in [0, 0.05) is 30.1 Å². The largest absolute Gasteiger partial charge is 0.373 e. The van der Waals surface area contributed by atoms with Crippen molar-refractivity contribution >= 4 is 23.5 Å². The summed E-state index contributed by atoms with van der Waals surface area (Å²) in [4.78, 5) is 16.4. The molecule has 4 nitrogen and oxygen atoms in total. The Morgan fingerprint density at radius 3 is 2.78 bits per heavy atom. The molecule has 2 N–H and O–H groups in total. The van der Waals surface area contributed by atoms with E-state index in [0.717, 1.165) is 23.7 Å². The average Bonchev–Trinajstić information content (AvgIpc) is 2.37. The fraction of sp³-hybridized carbons (Fsp3) is 0.538. The van der Waals surface area contributed by atoms with Gasteiger partial charge in [0.2, 0.25) is 0 Å². The van der Waals surface area contributed by atoms with Gasteiger partial charge in [0.25, 0.3) is 5.91 Å². The van der Waals surface area contributed by atoms with E-state index in [0.29, 0.717) is 5.56 Å². The number of hydrogen-bond donors (Lipinski definition) is 2. The molecule has 100 valence electrons. The summed E-state index contributed by atoms with van der Waals surface area (Å²) in [5, 5.41) is 6.01. The molecule has 1 heterocycles. The number of aromatic nitrogens is 1. The highest BCUT2D eigenvalue weighted by Gasteiger charge is 2.13. The highest BCUT2D eigenvalue weighted by Crippen LogP contribution is 2.10. The first-order valence-corrected chi connectivity index (χ1v) is 7.46. The van der Waals surface area contributed by atoms with Crippen LogP contribution in [0, 0.1) is 6.92 Å². The van der Waals surface area contributed by atoms with Crippen molar-refractivity contribution < 1.29 is 4.79 Å². The van der Waals surface area contributed by atoms with Crippen molar-refractivity contribution in [1.82, 2.24) is 10.3 Å². The molecule has 1 amide bonds. The minimum Gasteiger partial charge on any atom is -0.373 e. The predicted molar refractivity (Wildman–Crippen MR) is 78.4 cm³/mol. The molecule has 0 aliphatic carbocycles. The monoisotopic (exact) mass is 267 g/mol. The SMILES string of the molecule is CCC(CSC)NC(=O)c1cc(C)nc(NC)c1. The van der Waals surface area contributed by atoms with Crippen LogP contribution in [-0.2, 0) is 0 Å². The normalized spacial score (nSPS) is 12.0. The lowest BCUT2D eigenvalue weighted by molar-refractivity contribution is 0.0940. The van der Waals surface area contributed by atoms with E-state index < -0.39 is 0 Å². The van der Waals surface area contributed by atoms with Crippen LogP contribution in [0.2, 0.25) is 0 Å². The lowest BCUT2D eigenvalue weighted by Crippen LogP contribution is -2.36. The van der Waals surface area contributed by atoms with Gasteiger partial charge in [0.05, 0.1) is 0 Å². The Hall–Kier alpha value is -1.23. The summed E-state index contributed by atoms with van der Waals surface area (Å²) >= 11 is 1.74. The number of nitrogens with one attached hydrogen (secondary N) is 2. The van der Waals surface area contributed by atoms with Crippen molar-refractivity contribution in [3.8, 4) is 0 Å². The number of amides is 1. The average molecular weight is 267 g/mol. The zero-order valence-corrected chi connectivity index (χ0v) is 12.2. The summed E-state index contributed by atoms with van der Waals surface area (Å²) in [5.41, 5.74) is 1.50. The molecule has 18 heavy (non-hydrogen) atoms. The Morgan fingerprint density at radius 1 is 1.50 bits per heavy atom. The van der Waals surface area contributed by atoms with Crippen LogP contribution in [0.15, 0.2) is 12.1 Å². The number of hydrogen-bond acceptors (Lipinski definition) is 4. The summed E-state index contributed by atoms with van der Waals surface area (Å²) in [6.07, 6.45) is 2.99. The topological polar surface area (TPSA) is 54.0 Å². The number of thioether (sulfide) groups is 1. The fourth-order valence-corrected chi connectivity index (χ4v) is 2.38. The molecule has 0 radical (unpaired) electrons. The van der Waals surface area contributed by atoms with Gasteiger partial charge in [-0.25, -0.2) is 4.98 Å². The van der Waals surface area contributed by atoms with E-state index in [9.17, 15) is 4.79 Å². The maximum Gasteiger partial charge on any atom is 0.251 e. The second-order valence-corrected chi connectivity index (χ2v) is 5.08. The van der Waals surface area contributed by atoms with E-state index in [-0.39, 0.29) is 11.9 Å². The number of nitrogens with zero attached hydrogens (tertiary/aromatic N) is 1. The third-order valence-corrected chi connectivity index (χ3v) is 3.40. The van der Waals surface area contributed by atoms with Crippen LogP contribution in [0.25, 0.3) is 0 Å². The van der Waals surface area contributed by atoms with Crippen molar-refractivity contribution in [2.75, 3.05) is 24.4 Å². The van der Waals surface area contributed by atoms with Crippen molar-refractivity contribution in [3.63, 3.8) is 0 Å². The fourth-order valence-electron chi connectivity index (χ4n) is 1.66. The Bertz CT molecular complexity index is 409. The molecule has 0 saturated carbocycles. The molecule has 1 aromatic heterocycles.